The van der Waals surface area contributed by atoms with Crippen molar-refractivity contribution in [1.82, 2.24) is 15.2 Å². The molecule has 9 heteroatoms. The Labute approximate surface area is 136 Å². The van der Waals surface area contributed by atoms with Crippen LogP contribution in [0.15, 0.2) is 19.3 Å². The monoisotopic (exact) mass is 393 g/mol. The zero-order valence-electron chi connectivity index (χ0n) is 11.9. The molecule has 0 spiro atoms. The molecular weight excluding hydrogens is 378 g/mol. The summed E-state index contributed by atoms with van der Waals surface area (Å²) in [5.41, 5.74) is 1.45. The SMILES string of the molecule is CNCc1cc(S(=O)(=O)NCc2c(C)noc2C)c(Br)s1. The molecule has 0 fully saturated rings. The normalized spacial score (nSPS) is 12.0. The van der Waals surface area contributed by atoms with Gasteiger partial charge in [0, 0.05) is 23.5 Å². The van der Waals surface area contributed by atoms with Crippen molar-refractivity contribution in [1.29, 1.82) is 0 Å². The molecule has 0 unspecified atom stereocenters. The Bertz CT molecular complexity index is 718. The van der Waals surface area contributed by atoms with E-state index in [1.807, 2.05) is 7.05 Å². The molecule has 0 radical (unpaired) electrons. The molecule has 0 atom stereocenters. The third-order valence-corrected chi connectivity index (χ3v) is 6.62. The fraction of sp³-hybridized carbons (Fsp3) is 0.417. The van der Waals surface area contributed by atoms with E-state index in [9.17, 15) is 8.42 Å². The Kier molecular flexibility index (Phi) is 5.20. The highest BCUT2D eigenvalue weighted by molar-refractivity contribution is 9.11. The lowest BCUT2D eigenvalue weighted by Gasteiger charge is -2.05. The first-order chi connectivity index (χ1) is 9.85. The lowest BCUT2D eigenvalue weighted by molar-refractivity contribution is 0.392. The maximum atomic E-state index is 12.4. The van der Waals surface area contributed by atoms with Crippen molar-refractivity contribution in [3.8, 4) is 0 Å². The van der Waals surface area contributed by atoms with Gasteiger partial charge >= 0.3 is 0 Å². The predicted octanol–water partition coefficient (Wildman–Crippen LogP) is 2.31. The van der Waals surface area contributed by atoms with Crippen molar-refractivity contribution in [3.05, 3.63) is 31.7 Å². The summed E-state index contributed by atoms with van der Waals surface area (Å²) in [6.07, 6.45) is 0. The fourth-order valence-corrected chi connectivity index (χ4v) is 5.53. The maximum Gasteiger partial charge on any atom is 0.242 e. The molecule has 2 N–H and O–H groups in total. The summed E-state index contributed by atoms with van der Waals surface area (Å²) in [5.74, 6) is 0.621. The quantitative estimate of drug-likeness (QED) is 0.786. The lowest BCUT2D eigenvalue weighted by atomic mass is 10.2. The summed E-state index contributed by atoms with van der Waals surface area (Å²) in [6, 6.07) is 1.67. The van der Waals surface area contributed by atoms with E-state index in [-0.39, 0.29) is 11.4 Å². The highest BCUT2D eigenvalue weighted by atomic mass is 79.9. The number of nitrogens with zero attached hydrogens (tertiary/aromatic N) is 1. The molecule has 21 heavy (non-hydrogen) atoms. The van der Waals surface area contributed by atoms with Crippen LogP contribution < -0.4 is 10.0 Å². The molecule has 0 aromatic carbocycles. The van der Waals surface area contributed by atoms with E-state index in [4.69, 9.17) is 4.52 Å². The first kappa shape index (κ1) is 16.6. The first-order valence-electron chi connectivity index (χ1n) is 6.19. The van der Waals surface area contributed by atoms with Crippen molar-refractivity contribution < 1.29 is 12.9 Å². The van der Waals surface area contributed by atoms with Gasteiger partial charge in [0.1, 0.15) is 10.7 Å². The molecule has 0 aliphatic heterocycles. The van der Waals surface area contributed by atoms with Crippen molar-refractivity contribution in [2.75, 3.05) is 7.05 Å². The minimum absolute atomic E-state index is 0.160. The van der Waals surface area contributed by atoms with Crippen LogP contribution in [0.2, 0.25) is 0 Å². The summed E-state index contributed by atoms with van der Waals surface area (Å²) in [7, 11) is -1.76. The van der Waals surface area contributed by atoms with Gasteiger partial charge in [0.05, 0.1) is 9.48 Å². The summed E-state index contributed by atoms with van der Waals surface area (Å²) in [6.45, 7) is 4.33. The van der Waals surface area contributed by atoms with Crippen LogP contribution in [0, 0.1) is 13.8 Å². The van der Waals surface area contributed by atoms with Gasteiger partial charge in [-0.1, -0.05) is 5.16 Å². The third kappa shape index (κ3) is 3.72. The molecule has 0 aliphatic carbocycles. The predicted molar refractivity (Wildman–Crippen MR) is 84.8 cm³/mol. The molecule has 6 nitrogen and oxygen atoms in total. The topological polar surface area (TPSA) is 84.2 Å². The number of hydrogen-bond acceptors (Lipinski definition) is 6. The van der Waals surface area contributed by atoms with Crippen LogP contribution in [0.25, 0.3) is 0 Å². The van der Waals surface area contributed by atoms with E-state index in [1.165, 1.54) is 11.3 Å². The Balaban J connectivity index is 2.19. The third-order valence-electron chi connectivity index (χ3n) is 2.97. The molecule has 2 heterocycles. The highest BCUT2D eigenvalue weighted by Crippen LogP contribution is 2.31. The maximum absolute atomic E-state index is 12.4. The molecule has 116 valence electrons. The number of hydrogen-bond donors (Lipinski definition) is 2. The standard InChI is InChI=1S/C12H16BrN3O3S2/c1-7-10(8(2)19-16-7)6-15-21(17,18)11-4-9(5-14-3)20-12(11)13/h4,14-15H,5-6H2,1-3H3. The van der Waals surface area contributed by atoms with Gasteiger partial charge < -0.3 is 9.84 Å². The largest absolute Gasteiger partial charge is 0.361 e. The van der Waals surface area contributed by atoms with Gasteiger partial charge in [-0.25, -0.2) is 13.1 Å². The second-order valence-corrected chi connectivity index (χ2v) is 8.70. The molecule has 2 rings (SSSR count). The van der Waals surface area contributed by atoms with Crippen molar-refractivity contribution in [2.24, 2.45) is 0 Å². The Morgan fingerprint density at radius 3 is 2.67 bits per heavy atom. The van der Waals surface area contributed by atoms with Crippen LogP contribution >= 0.6 is 27.3 Å². The zero-order valence-corrected chi connectivity index (χ0v) is 15.1. The fourth-order valence-electron chi connectivity index (χ4n) is 1.84. The Morgan fingerprint density at radius 1 is 1.38 bits per heavy atom. The average molecular weight is 394 g/mol. The number of aromatic nitrogens is 1. The van der Waals surface area contributed by atoms with E-state index in [1.54, 1.807) is 19.9 Å². The van der Waals surface area contributed by atoms with E-state index in [0.717, 1.165) is 10.4 Å². The number of thiophene rings is 1. The van der Waals surface area contributed by atoms with Crippen LogP contribution in [0.1, 0.15) is 21.9 Å². The van der Waals surface area contributed by atoms with E-state index >= 15 is 0 Å². The Morgan fingerprint density at radius 2 is 2.10 bits per heavy atom. The molecular formula is C12H16BrN3O3S2. The lowest BCUT2D eigenvalue weighted by Crippen LogP contribution is -2.23. The molecule has 0 aliphatic rings. The molecule has 2 aromatic rings. The molecule has 0 bridgehead atoms. The Hall–Kier alpha value is -0.740. The van der Waals surface area contributed by atoms with Crippen LogP contribution in [0.4, 0.5) is 0 Å². The van der Waals surface area contributed by atoms with Crippen molar-refractivity contribution in [3.63, 3.8) is 0 Å². The number of rotatable bonds is 6. The molecule has 0 saturated heterocycles. The molecule has 2 aromatic heterocycles. The second-order valence-electron chi connectivity index (χ2n) is 4.51. The van der Waals surface area contributed by atoms with Gasteiger partial charge in [-0.15, -0.1) is 11.3 Å². The van der Waals surface area contributed by atoms with Gasteiger partial charge in [0.2, 0.25) is 10.0 Å². The number of aryl methyl sites for hydroxylation is 2. The molecule has 0 amide bonds. The van der Waals surface area contributed by atoms with Crippen LogP contribution in [-0.4, -0.2) is 20.6 Å². The van der Waals surface area contributed by atoms with Crippen LogP contribution in [0.3, 0.4) is 0 Å². The van der Waals surface area contributed by atoms with Gasteiger partial charge in [-0.3, -0.25) is 0 Å². The number of halogens is 1. The second kappa shape index (κ2) is 6.57. The van der Waals surface area contributed by atoms with E-state index < -0.39 is 10.0 Å². The van der Waals surface area contributed by atoms with Crippen molar-refractivity contribution in [2.45, 2.75) is 31.8 Å². The van der Waals surface area contributed by atoms with Crippen LogP contribution in [-0.2, 0) is 23.1 Å². The number of nitrogens with one attached hydrogen (secondary N) is 2. The number of sulfonamides is 1. The van der Waals surface area contributed by atoms with Gasteiger partial charge in [-0.2, -0.15) is 0 Å². The minimum Gasteiger partial charge on any atom is -0.361 e. The average Bonchev–Trinajstić information content (AvgIpc) is 2.92. The van der Waals surface area contributed by atoms with E-state index in [0.29, 0.717) is 21.8 Å². The van der Waals surface area contributed by atoms with Crippen molar-refractivity contribution >= 4 is 37.3 Å². The summed E-state index contributed by atoms with van der Waals surface area (Å²) >= 11 is 4.71. The van der Waals surface area contributed by atoms with Gasteiger partial charge in [-0.05, 0) is 42.9 Å². The van der Waals surface area contributed by atoms with Crippen LogP contribution in [0.5, 0.6) is 0 Å². The first-order valence-corrected chi connectivity index (χ1v) is 9.28. The molecule has 0 saturated carbocycles. The smallest absolute Gasteiger partial charge is 0.242 e. The summed E-state index contributed by atoms with van der Waals surface area (Å²) < 4.78 is 33.0. The van der Waals surface area contributed by atoms with Gasteiger partial charge in [0.15, 0.2) is 0 Å². The zero-order chi connectivity index (χ0) is 15.6. The summed E-state index contributed by atoms with van der Waals surface area (Å²) in [4.78, 5) is 1.20. The van der Waals surface area contributed by atoms with E-state index in [2.05, 4.69) is 31.1 Å². The minimum atomic E-state index is -3.58. The highest BCUT2D eigenvalue weighted by Gasteiger charge is 2.22. The van der Waals surface area contributed by atoms with Gasteiger partial charge in [0.25, 0.3) is 0 Å². The summed E-state index contributed by atoms with van der Waals surface area (Å²) in [5, 5.41) is 6.81.